The summed E-state index contributed by atoms with van der Waals surface area (Å²) in [6, 6.07) is 5.31. The average molecular weight is 282 g/mol. The average Bonchev–Trinajstić information content (AvgIpc) is 2.14. The molecule has 0 aliphatic carbocycles. The number of nitrogens with two attached hydrogens (primary N) is 1. The summed E-state index contributed by atoms with van der Waals surface area (Å²) in [6.07, 6.45) is -4.16. The van der Waals surface area contributed by atoms with Crippen LogP contribution in [0.15, 0.2) is 36.4 Å². The Hall–Kier alpha value is -1.20. The van der Waals surface area contributed by atoms with Crippen LogP contribution in [0, 0.1) is 0 Å². The Bertz CT molecular complexity index is 407. The lowest BCUT2D eigenvalue weighted by molar-refractivity contribution is -0.274. The van der Waals surface area contributed by atoms with Crippen molar-refractivity contribution in [1.82, 2.24) is 0 Å². The Kier molecular flexibility index (Phi) is 6.21. The van der Waals surface area contributed by atoms with Gasteiger partial charge in [0.25, 0.3) is 0 Å². The maximum absolute atomic E-state index is 12.0. The topological polar surface area (TPSA) is 35.2 Å². The number of rotatable bonds is 4. The van der Waals surface area contributed by atoms with E-state index in [0.717, 1.165) is 5.57 Å². The lowest BCUT2D eigenvalue weighted by Crippen LogP contribution is -2.17. The zero-order valence-corrected chi connectivity index (χ0v) is 10.6. The van der Waals surface area contributed by atoms with Gasteiger partial charge in [0, 0.05) is 6.04 Å². The standard InChI is InChI=1S/C12H14F3NO.ClH/c1-8(2)6-11(16)9-4-3-5-10(7-9)17-12(13,14)15;/h3-5,7,11H,1,6,16H2,2H3;1H/t11-;/m0./s1. The third-order valence-corrected chi connectivity index (χ3v) is 2.09. The highest BCUT2D eigenvalue weighted by Crippen LogP contribution is 2.26. The minimum atomic E-state index is -4.68. The van der Waals surface area contributed by atoms with Gasteiger partial charge in [0.2, 0.25) is 0 Å². The minimum absolute atomic E-state index is 0. The highest BCUT2D eigenvalue weighted by molar-refractivity contribution is 5.85. The molecule has 0 saturated heterocycles. The zero-order valence-electron chi connectivity index (χ0n) is 9.83. The third-order valence-electron chi connectivity index (χ3n) is 2.09. The second-order valence-corrected chi connectivity index (χ2v) is 3.89. The summed E-state index contributed by atoms with van der Waals surface area (Å²) < 4.78 is 39.9. The molecule has 0 aliphatic rings. The fourth-order valence-corrected chi connectivity index (χ4v) is 1.44. The Labute approximate surface area is 110 Å². The molecule has 0 bridgehead atoms. The molecule has 0 aromatic heterocycles. The summed E-state index contributed by atoms with van der Waals surface area (Å²) in [5, 5.41) is 0. The van der Waals surface area contributed by atoms with Crippen molar-refractivity contribution >= 4 is 12.4 Å². The summed E-state index contributed by atoms with van der Waals surface area (Å²) in [5.41, 5.74) is 7.30. The quantitative estimate of drug-likeness (QED) is 0.848. The Morgan fingerprint density at radius 1 is 1.44 bits per heavy atom. The fourth-order valence-electron chi connectivity index (χ4n) is 1.44. The first-order valence-electron chi connectivity index (χ1n) is 5.03. The van der Waals surface area contributed by atoms with Gasteiger partial charge >= 0.3 is 6.36 Å². The van der Waals surface area contributed by atoms with Gasteiger partial charge in [0.15, 0.2) is 0 Å². The van der Waals surface area contributed by atoms with Crippen LogP contribution < -0.4 is 10.5 Å². The van der Waals surface area contributed by atoms with Gasteiger partial charge in [-0.3, -0.25) is 0 Å². The number of alkyl halides is 3. The van der Waals surface area contributed by atoms with Crippen LogP contribution in [0.25, 0.3) is 0 Å². The van der Waals surface area contributed by atoms with E-state index in [-0.39, 0.29) is 24.2 Å². The van der Waals surface area contributed by atoms with Crippen molar-refractivity contribution in [3.05, 3.63) is 42.0 Å². The first kappa shape index (κ1) is 16.8. The second kappa shape index (κ2) is 6.66. The van der Waals surface area contributed by atoms with Gasteiger partial charge < -0.3 is 10.5 Å². The molecule has 0 fully saturated rings. The van der Waals surface area contributed by atoms with Crippen LogP contribution in [0.2, 0.25) is 0 Å². The molecule has 1 aromatic carbocycles. The molecule has 2 nitrogen and oxygen atoms in total. The van der Waals surface area contributed by atoms with E-state index in [0.29, 0.717) is 12.0 Å². The summed E-state index contributed by atoms with van der Waals surface area (Å²) >= 11 is 0. The molecule has 0 radical (unpaired) electrons. The van der Waals surface area contributed by atoms with Gasteiger partial charge in [-0.15, -0.1) is 32.2 Å². The van der Waals surface area contributed by atoms with Crippen LogP contribution >= 0.6 is 12.4 Å². The van der Waals surface area contributed by atoms with E-state index in [1.54, 1.807) is 6.07 Å². The lowest BCUT2D eigenvalue weighted by atomic mass is 10.0. The molecule has 2 N–H and O–H groups in total. The van der Waals surface area contributed by atoms with Crippen molar-refractivity contribution in [2.75, 3.05) is 0 Å². The molecule has 0 heterocycles. The first-order chi connectivity index (χ1) is 7.78. The molecule has 18 heavy (non-hydrogen) atoms. The molecule has 0 amide bonds. The number of halogens is 4. The highest BCUT2D eigenvalue weighted by Gasteiger charge is 2.31. The number of hydrogen-bond donors (Lipinski definition) is 1. The van der Waals surface area contributed by atoms with E-state index in [1.807, 2.05) is 6.92 Å². The van der Waals surface area contributed by atoms with E-state index in [9.17, 15) is 13.2 Å². The fraction of sp³-hybridized carbons (Fsp3) is 0.333. The van der Waals surface area contributed by atoms with Crippen LogP contribution in [-0.4, -0.2) is 6.36 Å². The SMILES string of the molecule is C=C(C)C[C@H](N)c1cccc(OC(F)(F)F)c1.Cl. The van der Waals surface area contributed by atoms with E-state index in [2.05, 4.69) is 11.3 Å². The predicted octanol–water partition coefficient (Wildman–Crippen LogP) is 3.97. The molecule has 0 unspecified atom stereocenters. The zero-order chi connectivity index (χ0) is 13.1. The van der Waals surface area contributed by atoms with Gasteiger partial charge in [-0.1, -0.05) is 17.7 Å². The largest absolute Gasteiger partial charge is 0.573 e. The summed E-state index contributed by atoms with van der Waals surface area (Å²) in [5.74, 6) is -0.257. The Morgan fingerprint density at radius 2 is 2.06 bits per heavy atom. The van der Waals surface area contributed by atoms with Gasteiger partial charge in [-0.2, -0.15) is 0 Å². The van der Waals surface area contributed by atoms with Gasteiger partial charge in [-0.25, -0.2) is 0 Å². The molecule has 0 spiro atoms. The number of ether oxygens (including phenoxy) is 1. The molecular weight excluding hydrogens is 267 g/mol. The smallest absolute Gasteiger partial charge is 0.406 e. The summed E-state index contributed by atoms with van der Waals surface area (Å²) in [6.45, 7) is 5.53. The van der Waals surface area contributed by atoms with Crippen LogP contribution in [-0.2, 0) is 0 Å². The third kappa shape index (κ3) is 5.93. The van der Waals surface area contributed by atoms with Crippen molar-refractivity contribution < 1.29 is 17.9 Å². The maximum atomic E-state index is 12.0. The monoisotopic (exact) mass is 281 g/mol. The van der Waals surface area contributed by atoms with Gasteiger partial charge in [0.1, 0.15) is 5.75 Å². The number of benzene rings is 1. The molecule has 1 rings (SSSR count). The molecule has 1 atom stereocenters. The van der Waals surface area contributed by atoms with E-state index < -0.39 is 6.36 Å². The van der Waals surface area contributed by atoms with Crippen molar-refractivity contribution in [1.29, 1.82) is 0 Å². The van der Waals surface area contributed by atoms with E-state index >= 15 is 0 Å². The normalized spacial score (nSPS) is 12.5. The van der Waals surface area contributed by atoms with Crippen molar-refractivity contribution in [3.63, 3.8) is 0 Å². The van der Waals surface area contributed by atoms with E-state index in [1.165, 1.54) is 18.2 Å². The molecular formula is C12H15ClF3NO. The molecule has 0 aliphatic heterocycles. The predicted molar refractivity (Wildman–Crippen MR) is 66.7 cm³/mol. The first-order valence-corrected chi connectivity index (χ1v) is 5.03. The molecule has 0 saturated carbocycles. The Balaban J connectivity index is 0.00000289. The van der Waals surface area contributed by atoms with Crippen molar-refractivity contribution in [2.45, 2.75) is 25.7 Å². The Morgan fingerprint density at radius 3 is 2.56 bits per heavy atom. The summed E-state index contributed by atoms with van der Waals surface area (Å²) in [4.78, 5) is 0. The van der Waals surface area contributed by atoms with Crippen LogP contribution in [0.3, 0.4) is 0 Å². The minimum Gasteiger partial charge on any atom is -0.406 e. The molecule has 6 heteroatoms. The second-order valence-electron chi connectivity index (χ2n) is 3.89. The van der Waals surface area contributed by atoms with E-state index in [4.69, 9.17) is 5.73 Å². The van der Waals surface area contributed by atoms with Crippen LogP contribution in [0.4, 0.5) is 13.2 Å². The van der Waals surface area contributed by atoms with Crippen LogP contribution in [0.1, 0.15) is 24.9 Å². The van der Waals surface area contributed by atoms with Crippen molar-refractivity contribution in [2.24, 2.45) is 5.73 Å². The lowest BCUT2D eigenvalue weighted by Gasteiger charge is -2.14. The van der Waals surface area contributed by atoms with Gasteiger partial charge in [0.05, 0.1) is 0 Å². The maximum Gasteiger partial charge on any atom is 0.573 e. The number of hydrogen-bond acceptors (Lipinski definition) is 2. The van der Waals surface area contributed by atoms with Crippen LogP contribution in [0.5, 0.6) is 5.75 Å². The highest BCUT2D eigenvalue weighted by atomic mass is 35.5. The summed E-state index contributed by atoms with van der Waals surface area (Å²) in [7, 11) is 0. The van der Waals surface area contributed by atoms with Gasteiger partial charge in [-0.05, 0) is 31.0 Å². The molecule has 102 valence electrons. The molecule has 1 aromatic rings. The van der Waals surface area contributed by atoms with Crippen molar-refractivity contribution in [3.8, 4) is 5.75 Å².